The van der Waals surface area contributed by atoms with Crippen LogP contribution in [0.2, 0.25) is 0 Å². The van der Waals surface area contributed by atoms with Gasteiger partial charge in [0.05, 0.1) is 0 Å². The molecular weight excluding hydrogens is 255 g/mol. The highest BCUT2D eigenvalue weighted by molar-refractivity contribution is 5.48. The molecule has 0 amide bonds. The van der Waals surface area contributed by atoms with Crippen molar-refractivity contribution in [3.63, 3.8) is 0 Å². The Labute approximate surface area is 109 Å². The van der Waals surface area contributed by atoms with Crippen molar-refractivity contribution in [3.8, 4) is 0 Å². The van der Waals surface area contributed by atoms with Gasteiger partial charge in [0, 0.05) is 36.9 Å². The minimum absolute atomic E-state index is 0.252. The number of pyridine rings is 1. The fraction of sp³-hybridized carbons (Fsp3) is 0.615. The fourth-order valence-electron chi connectivity index (χ4n) is 3.07. The van der Waals surface area contributed by atoms with Crippen molar-refractivity contribution in [1.82, 2.24) is 10.3 Å². The third-order valence-electron chi connectivity index (χ3n) is 4.17. The van der Waals surface area contributed by atoms with Gasteiger partial charge in [0.25, 0.3) is 0 Å². The van der Waals surface area contributed by atoms with E-state index in [1.165, 1.54) is 6.20 Å². The molecule has 0 aromatic carbocycles. The molecule has 1 aromatic rings. The molecule has 6 heteroatoms. The van der Waals surface area contributed by atoms with E-state index in [0.29, 0.717) is 5.69 Å². The van der Waals surface area contributed by atoms with Crippen LogP contribution in [-0.4, -0.2) is 31.2 Å². The number of alkyl halides is 3. The monoisotopic (exact) mass is 271 g/mol. The average molecular weight is 271 g/mol. The van der Waals surface area contributed by atoms with Crippen LogP contribution in [0.15, 0.2) is 18.3 Å². The largest absolute Gasteiger partial charge is 0.433 e. The Bertz CT molecular complexity index is 466. The van der Waals surface area contributed by atoms with E-state index in [4.69, 9.17) is 0 Å². The van der Waals surface area contributed by atoms with Crippen molar-refractivity contribution in [1.29, 1.82) is 0 Å². The van der Waals surface area contributed by atoms with E-state index in [1.807, 2.05) is 4.90 Å². The lowest BCUT2D eigenvalue weighted by Gasteiger charge is -2.24. The number of nitrogens with one attached hydrogen (secondary N) is 1. The maximum Gasteiger partial charge on any atom is 0.433 e. The van der Waals surface area contributed by atoms with Crippen molar-refractivity contribution < 1.29 is 13.2 Å². The standard InChI is InChI=1S/C13H16F3N3/c14-13(15,16)11-7-10(1-4-18-11)19-6-3-12(9-19)2-5-17-8-12/h1,4,7,17H,2-3,5-6,8-9H2. The molecule has 0 radical (unpaired) electrons. The molecule has 1 N–H and O–H groups in total. The van der Waals surface area contributed by atoms with Crippen LogP contribution in [0.25, 0.3) is 0 Å². The topological polar surface area (TPSA) is 28.2 Å². The number of nitrogens with zero attached hydrogens (tertiary/aromatic N) is 2. The minimum atomic E-state index is -4.37. The Hall–Kier alpha value is -1.30. The zero-order chi connectivity index (χ0) is 13.5. The molecule has 104 valence electrons. The normalized spacial score (nSPS) is 27.4. The van der Waals surface area contributed by atoms with Crippen molar-refractivity contribution >= 4 is 5.69 Å². The number of rotatable bonds is 1. The number of halogens is 3. The van der Waals surface area contributed by atoms with Gasteiger partial charge in [-0.15, -0.1) is 0 Å². The van der Waals surface area contributed by atoms with E-state index in [2.05, 4.69) is 10.3 Å². The van der Waals surface area contributed by atoms with E-state index >= 15 is 0 Å². The first-order valence-corrected chi connectivity index (χ1v) is 6.48. The maximum absolute atomic E-state index is 12.7. The van der Waals surface area contributed by atoms with Gasteiger partial charge in [-0.2, -0.15) is 13.2 Å². The predicted octanol–water partition coefficient (Wildman–Crippen LogP) is 2.29. The molecule has 2 aliphatic heterocycles. The summed E-state index contributed by atoms with van der Waals surface area (Å²) in [5.41, 5.74) is 0.0726. The zero-order valence-electron chi connectivity index (χ0n) is 10.5. The van der Waals surface area contributed by atoms with Gasteiger partial charge in [0.15, 0.2) is 0 Å². The summed E-state index contributed by atoms with van der Waals surface area (Å²) in [6, 6.07) is 2.82. The van der Waals surface area contributed by atoms with E-state index in [0.717, 1.165) is 45.1 Å². The van der Waals surface area contributed by atoms with Gasteiger partial charge in [-0.1, -0.05) is 0 Å². The molecule has 1 spiro atoms. The number of aromatic nitrogens is 1. The Morgan fingerprint density at radius 2 is 2.16 bits per heavy atom. The van der Waals surface area contributed by atoms with Gasteiger partial charge in [-0.3, -0.25) is 4.98 Å². The first kappa shape index (κ1) is 12.7. The molecule has 19 heavy (non-hydrogen) atoms. The molecule has 0 saturated carbocycles. The highest BCUT2D eigenvalue weighted by Crippen LogP contribution is 2.39. The van der Waals surface area contributed by atoms with Crippen molar-refractivity contribution in [2.45, 2.75) is 19.0 Å². The highest BCUT2D eigenvalue weighted by atomic mass is 19.4. The van der Waals surface area contributed by atoms with Crippen LogP contribution in [0.4, 0.5) is 18.9 Å². The lowest BCUT2D eigenvalue weighted by Crippen LogP contribution is -2.29. The molecule has 3 nitrogen and oxygen atoms in total. The van der Waals surface area contributed by atoms with Crippen LogP contribution in [-0.2, 0) is 6.18 Å². The summed E-state index contributed by atoms with van der Waals surface area (Å²) in [6.07, 6.45) is -0.969. The van der Waals surface area contributed by atoms with Gasteiger partial charge >= 0.3 is 6.18 Å². The third kappa shape index (κ3) is 2.41. The van der Waals surface area contributed by atoms with E-state index in [9.17, 15) is 13.2 Å². The molecule has 3 heterocycles. The molecule has 1 atom stereocenters. The second kappa shape index (κ2) is 4.37. The first-order valence-electron chi connectivity index (χ1n) is 6.48. The summed E-state index contributed by atoms with van der Waals surface area (Å²) < 4.78 is 38.0. The quantitative estimate of drug-likeness (QED) is 0.849. The van der Waals surface area contributed by atoms with Crippen molar-refractivity contribution in [2.75, 3.05) is 31.1 Å². The van der Waals surface area contributed by atoms with Crippen LogP contribution in [0.3, 0.4) is 0 Å². The third-order valence-corrected chi connectivity index (χ3v) is 4.17. The van der Waals surface area contributed by atoms with Crippen molar-refractivity contribution in [2.24, 2.45) is 5.41 Å². The van der Waals surface area contributed by atoms with Gasteiger partial charge in [0.2, 0.25) is 0 Å². The number of hydrogen-bond donors (Lipinski definition) is 1. The van der Waals surface area contributed by atoms with E-state index < -0.39 is 11.9 Å². The molecule has 0 bridgehead atoms. The Balaban J connectivity index is 1.80. The Morgan fingerprint density at radius 3 is 2.84 bits per heavy atom. The average Bonchev–Trinajstić information content (AvgIpc) is 3.00. The Kier molecular flexibility index (Phi) is 2.92. The van der Waals surface area contributed by atoms with Crippen LogP contribution in [0.1, 0.15) is 18.5 Å². The lowest BCUT2D eigenvalue weighted by molar-refractivity contribution is -0.141. The summed E-state index contributed by atoms with van der Waals surface area (Å²) in [5, 5.41) is 3.34. The molecular formula is C13H16F3N3. The molecule has 0 aliphatic carbocycles. The summed E-state index contributed by atoms with van der Waals surface area (Å²) in [7, 11) is 0. The molecule has 3 rings (SSSR count). The first-order chi connectivity index (χ1) is 8.99. The van der Waals surface area contributed by atoms with Crippen LogP contribution < -0.4 is 10.2 Å². The molecule has 2 aliphatic rings. The van der Waals surface area contributed by atoms with Gasteiger partial charge in [-0.25, -0.2) is 0 Å². The van der Waals surface area contributed by atoms with Crippen LogP contribution in [0, 0.1) is 5.41 Å². The fourth-order valence-corrected chi connectivity index (χ4v) is 3.07. The lowest BCUT2D eigenvalue weighted by atomic mass is 9.86. The van der Waals surface area contributed by atoms with Gasteiger partial charge in [0.1, 0.15) is 5.69 Å². The molecule has 2 saturated heterocycles. The highest BCUT2D eigenvalue weighted by Gasteiger charge is 2.41. The number of hydrogen-bond acceptors (Lipinski definition) is 3. The van der Waals surface area contributed by atoms with E-state index in [-0.39, 0.29) is 5.41 Å². The predicted molar refractivity (Wildman–Crippen MR) is 66.0 cm³/mol. The SMILES string of the molecule is FC(F)(F)c1cc(N2CCC3(CCNC3)C2)ccn1. The minimum Gasteiger partial charge on any atom is -0.371 e. The van der Waals surface area contributed by atoms with Crippen LogP contribution in [0.5, 0.6) is 0 Å². The van der Waals surface area contributed by atoms with Gasteiger partial charge in [-0.05, 0) is 31.5 Å². The second-order valence-electron chi connectivity index (χ2n) is 5.50. The van der Waals surface area contributed by atoms with E-state index in [1.54, 1.807) is 6.07 Å². The van der Waals surface area contributed by atoms with Gasteiger partial charge < -0.3 is 10.2 Å². The summed E-state index contributed by atoms with van der Waals surface area (Å²) in [4.78, 5) is 5.45. The summed E-state index contributed by atoms with van der Waals surface area (Å²) >= 11 is 0. The molecule has 1 aromatic heterocycles. The molecule has 1 unspecified atom stereocenters. The number of anilines is 1. The molecule has 2 fully saturated rings. The maximum atomic E-state index is 12.7. The smallest absolute Gasteiger partial charge is 0.371 e. The summed E-state index contributed by atoms with van der Waals surface area (Å²) in [5.74, 6) is 0. The van der Waals surface area contributed by atoms with Crippen LogP contribution >= 0.6 is 0 Å². The summed E-state index contributed by atoms with van der Waals surface area (Å²) in [6.45, 7) is 3.64. The zero-order valence-corrected chi connectivity index (χ0v) is 10.5. The van der Waals surface area contributed by atoms with Crippen molar-refractivity contribution in [3.05, 3.63) is 24.0 Å². The second-order valence-corrected chi connectivity index (χ2v) is 5.50. The Morgan fingerprint density at radius 1 is 1.32 bits per heavy atom.